The number of halogens is 1. The molecule has 0 fully saturated rings. The summed E-state index contributed by atoms with van der Waals surface area (Å²) in [7, 11) is 0. The molecule has 0 saturated heterocycles. The summed E-state index contributed by atoms with van der Waals surface area (Å²) >= 11 is 0. The first-order chi connectivity index (χ1) is 13.4. The monoisotopic (exact) mass is 395 g/mol. The second-order valence-electron chi connectivity index (χ2n) is 6.95. The quantitative estimate of drug-likeness (QED) is 0.522. The van der Waals surface area contributed by atoms with Crippen LogP contribution in [0.2, 0.25) is 0 Å². The molecule has 1 aliphatic heterocycles. The van der Waals surface area contributed by atoms with E-state index in [0.717, 1.165) is 37.4 Å². The maximum Gasteiger partial charge on any atom is 0.231 e. The molecule has 1 N–H and O–H groups in total. The Morgan fingerprint density at radius 3 is 2.21 bits per heavy atom. The van der Waals surface area contributed by atoms with Crippen molar-refractivity contribution in [2.75, 3.05) is 13.3 Å². The van der Waals surface area contributed by atoms with Crippen molar-refractivity contribution < 1.29 is 9.47 Å². The Morgan fingerprint density at radius 2 is 1.46 bits per heavy atom. The summed E-state index contributed by atoms with van der Waals surface area (Å²) < 4.78 is 11.0. The number of benzene rings is 3. The number of hydrogen-bond donors (Lipinski definition) is 1. The van der Waals surface area contributed by atoms with E-state index in [1.54, 1.807) is 0 Å². The maximum atomic E-state index is 5.59. The second-order valence-corrected chi connectivity index (χ2v) is 6.95. The maximum absolute atomic E-state index is 5.59. The zero-order valence-electron chi connectivity index (χ0n) is 15.8. The summed E-state index contributed by atoms with van der Waals surface area (Å²) in [5, 5.41) is 3.58. The molecule has 1 aliphatic rings. The van der Waals surface area contributed by atoms with E-state index in [1.165, 1.54) is 16.7 Å². The molecule has 0 amide bonds. The smallest absolute Gasteiger partial charge is 0.231 e. The molecule has 0 aromatic heterocycles. The summed E-state index contributed by atoms with van der Waals surface area (Å²) in [5.74, 6) is 2.15. The molecule has 3 nitrogen and oxygen atoms in total. The molecule has 28 heavy (non-hydrogen) atoms. The van der Waals surface area contributed by atoms with Crippen LogP contribution in [0.25, 0.3) is 0 Å². The van der Waals surface area contributed by atoms with Crippen molar-refractivity contribution in [3.63, 3.8) is 0 Å². The van der Waals surface area contributed by atoms with Crippen molar-refractivity contribution in [3.8, 4) is 11.5 Å². The van der Waals surface area contributed by atoms with Crippen molar-refractivity contribution in [2.24, 2.45) is 0 Å². The van der Waals surface area contributed by atoms with Gasteiger partial charge in [-0.3, -0.25) is 0 Å². The molecule has 146 valence electrons. The molecular formula is C24H26ClNO2. The average Bonchev–Trinajstić information content (AvgIpc) is 3.20. The van der Waals surface area contributed by atoms with Gasteiger partial charge in [0.15, 0.2) is 11.5 Å². The van der Waals surface area contributed by atoms with Crippen LogP contribution in [0.4, 0.5) is 0 Å². The summed E-state index contributed by atoms with van der Waals surface area (Å²) in [6.45, 7) is 2.20. The van der Waals surface area contributed by atoms with Gasteiger partial charge in [0, 0.05) is 6.54 Å². The highest BCUT2D eigenvalue weighted by Crippen LogP contribution is 2.36. The normalized spacial score (nSPS) is 13.0. The molecule has 4 heteroatoms. The van der Waals surface area contributed by atoms with Gasteiger partial charge in [0.2, 0.25) is 6.79 Å². The standard InChI is InChI=1S/C24H25NO2.ClH/c1-3-7-19(8-4-1)15-22(13-14-25-17-20-9-5-2-6-10-20)21-11-12-23-24(16-21)27-18-26-23;/h1-12,16,22,25H,13-15,17-18H2;1H. The number of fused-ring (bicyclic) bond motifs is 1. The SMILES string of the molecule is Cl.c1ccc(CNCCC(Cc2ccccc2)c2ccc3c(c2)OCO3)cc1. The Balaban J connectivity index is 0.00000225. The molecule has 0 radical (unpaired) electrons. The molecule has 0 bridgehead atoms. The summed E-state index contributed by atoms with van der Waals surface area (Å²) in [6, 6.07) is 27.6. The largest absolute Gasteiger partial charge is 0.454 e. The van der Waals surface area contributed by atoms with E-state index in [-0.39, 0.29) is 12.4 Å². The van der Waals surface area contributed by atoms with Gasteiger partial charge in [-0.05, 0) is 54.1 Å². The van der Waals surface area contributed by atoms with Crippen LogP contribution >= 0.6 is 12.4 Å². The number of nitrogens with one attached hydrogen (secondary N) is 1. The third kappa shape index (κ3) is 5.28. The van der Waals surface area contributed by atoms with Gasteiger partial charge in [-0.1, -0.05) is 66.7 Å². The molecule has 4 rings (SSSR count). The van der Waals surface area contributed by atoms with Gasteiger partial charge < -0.3 is 14.8 Å². The van der Waals surface area contributed by atoms with E-state index < -0.39 is 0 Å². The Morgan fingerprint density at radius 1 is 0.786 bits per heavy atom. The van der Waals surface area contributed by atoms with E-state index in [9.17, 15) is 0 Å². The third-order valence-corrected chi connectivity index (χ3v) is 5.03. The summed E-state index contributed by atoms with van der Waals surface area (Å²) in [5.41, 5.74) is 3.99. The third-order valence-electron chi connectivity index (χ3n) is 5.03. The lowest BCUT2D eigenvalue weighted by Gasteiger charge is -2.19. The van der Waals surface area contributed by atoms with Crippen LogP contribution in [0.15, 0.2) is 78.9 Å². The Hall–Kier alpha value is -2.49. The molecule has 0 saturated carbocycles. The van der Waals surface area contributed by atoms with Gasteiger partial charge in [0.1, 0.15) is 0 Å². The molecule has 0 aliphatic carbocycles. The van der Waals surface area contributed by atoms with Gasteiger partial charge in [-0.2, -0.15) is 0 Å². The van der Waals surface area contributed by atoms with Crippen LogP contribution in [0.1, 0.15) is 29.0 Å². The predicted molar refractivity (Wildman–Crippen MR) is 115 cm³/mol. The number of rotatable bonds is 8. The second kappa shape index (κ2) is 10.2. The summed E-state index contributed by atoms with van der Waals surface area (Å²) in [4.78, 5) is 0. The van der Waals surface area contributed by atoms with E-state index in [0.29, 0.717) is 12.7 Å². The van der Waals surface area contributed by atoms with Crippen molar-refractivity contribution in [1.82, 2.24) is 5.32 Å². The van der Waals surface area contributed by atoms with Gasteiger partial charge in [0.05, 0.1) is 0 Å². The van der Waals surface area contributed by atoms with Crippen LogP contribution in [0.3, 0.4) is 0 Å². The van der Waals surface area contributed by atoms with E-state index >= 15 is 0 Å². The van der Waals surface area contributed by atoms with E-state index in [4.69, 9.17) is 9.47 Å². The Kier molecular flexibility index (Phi) is 7.35. The predicted octanol–water partition coefficient (Wildman–Crippen LogP) is 5.34. The van der Waals surface area contributed by atoms with Crippen LogP contribution in [-0.2, 0) is 13.0 Å². The van der Waals surface area contributed by atoms with Crippen LogP contribution < -0.4 is 14.8 Å². The first-order valence-corrected chi connectivity index (χ1v) is 9.56. The molecule has 1 heterocycles. The lowest BCUT2D eigenvalue weighted by Crippen LogP contribution is -2.18. The topological polar surface area (TPSA) is 30.5 Å². The molecule has 0 spiro atoms. The molecular weight excluding hydrogens is 370 g/mol. The number of hydrogen-bond acceptors (Lipinski definition) is 3. The Labute approximate surface area is 173 Å². The van der Waals surface area contributed by atoms with Crippen LogP contribution in [0, 0.1) is 0 Å². The molecule has 1 unspecified atom stereocenters. The van der Waals surface area contributed by atoms with Crippen molar-refractivity contribution in [2.45, 2.75) is 25.3 Å². The van der Waals surface area contributed by atoms with Gasteiger partial charge >= 0.3 is 0 Å². The number of ether oxygens (including phenoxy) is 2. The van der Waals surface area contributed by atoms with Gasteiger partial charge in [-0.15, -0.1) is 12.4 Å². The minimum Gasteiger partial charge on any atom is -0.454 e. The minimum atomic E-state index is 0. The molecule has 3 aromatic carbocycles. The molecule has 1 atom stereocenters. The fraction of sp³-hybridized carbons (Fsp3) is 0.250. The van der Waals surface area contributed by atoms with Gasteiger partial charge in [-0.25, -0.2) is 0 Å². The average molecular weight is 396 g/mol. The minimum absolute atomic E-state index is 0. The van der Waals surface area contributed by atoms with Crippen molar-refractivity contribution in [1.29, 1.82) is 0 Å². The first kappa shape index (κ1) is 20.2. The highest BCUT2D eigenvalue weighted by atomic mass is 35.5. The van der Waals surface area contributed by atoms with Crippen LogP contribution in [0.5, 0.6) is 11.5 Å². The fourth-order valence-electron chi connectivity index (χ4n) is 3.56. The van der Waals surface area contributed by atoms with E-state index in [1.807, 2.05) is 6.07 Å². The van der Waals surface area contributed by atoms with Crippen LogP contribution in [-0.4, -0.2) is 13.3 Å². The zero-order chi connectivity index (χ0) is 18.3. The molecule has 3 aromatic rings. The van der Waals surface area contributed by atoms with Gasteiger partial charge in [0.25, 0.3) is 0 Å². The zero-order valence-corrected chi connectivity index (χ0v) is 16.7. The highest BCUT2D eigenvalue weighted by molar-refractivity contribution is 5.85. The van der Waals surface area contributed by atoms with Crippen molar-refractivity contribution >= 4 is 12.4 Å². The van der Waals surface area contributed by atoms with Crippen molar-refractivity contribution in [3.05, 3.63) is 95.6 Å². The first-order valence-electron chi connectivity index (χ1n) is 9.56. The van der Waals surface area contributed by atoms with E-state index in [2.05, 4.69) is 78.1 Å². The lowest BCUT2D eigenvalue weighted by atomic mass is 9.89. The summed E-state index contributed by atoms with van der Waals surface area (Å²) in [6.07, 6.45) is 2.09. The lowest BCUT2D eigenvalue weighted by molar-refractivity contribution is 0.174. The fourth-order valence-corrected chi connectivity index (χ4v) is 3.56. The Bertz CT molecular complexity index is 855. The highest BCUT2D eigenvalue weighted by Gasteiger charge is 2.18.